The monoisotopic (exact) mass is 300 g/mol. The van der Waals surface area contributed by atoms with Gasteiger partial charge in [0.25, 0.3) is 0 Å². The van der Waals surface area contributed by atoms with Gasteiger partial charge < -0.3 is 4.74 Å². The third-order valence-corrected chi connectivity index (χ3v) is 3.57. The van der Waals surface area contributed by atoms with E-state index in [1.807, 2.05) is 61.5 Å². The fourth-order valence-electron chi connectivity index (χ4n) is 2.31. The maximum atomic E-state index is 9.15. The normalized spacial score (nSPS) is 10.1. The van der Waals surface area contributed by atoms with Crippen LogP contribution in [0.15, 0.2) is 66.9 Å². The van der Waals surface area contributed by atoms with Crippen LogP contribution in [-0.4, -0.2) is 4.98 Å². The quantitative estimate of drug-likeness (QED) is 0.712. The van der Waals surface area contributed by atoms with E-state index in [0.717, 1.165) is 28.1 Å². The highest BCUT2D eigenvalue weighted by Crippen LogP contribution is 2.31. The topological polar surface area (TPSA) is 45.9 Å². The van der Waals surface area contributed by atoms with Crippen molar-refractivity contribution in [1.82, 2.24) is 4.98 Å². The molecule has 0 atom stereocenters. The molecule has 112 valence electrons. The first-order valence-electron chi connectivity index (χ1n) is 7.40. The van der Waals surface area contributed by atoms with E-state index in [9.17, 15) is 0 Å². The number of pyridine rings is 1. The second kappa shape index (κ2) is 6.76. The summed E-state index contributed by atoms with van der Waals surface area (Å²) in [5.41, 5.74) is 4.48. The van der Waals surface area contributed by atoms with Gasteiger partial charge >= 0.3 is 0 Å². The molecule has 0 aliphatic heterocycles. The van der Waals surface area contributed by atoms with Crippen molar-refractivity contribution in [2.45, 2.75) is 13.5 Å². The molecule has 3 rings (SSSR count). The summed E-state index contributed by atoms with van der Waals surface area (Å²) in [6.45, 7) is 2.43. The van der Waals surface area contributed by atoms with Gasteiger partial charge in [0.2, 0.25) is 0 Å². The van der Waals surface area contributed by atoms with Crippen molar-refractivity contribution in [3.8, 4) is 22.9 Å². The van der Waals surface area contributed by atoms with Crippen molar-refractivity contribution in [3.63, 3.8) is 0 Å². The lowest BCUT2D eigenvalue weighted by molar-refractivity contribution is 0.307. The minimum atomic E-state index is 0.485. The highest BCUT2D eigenvalue weighted by Gasteiger charge is 2.09. The smallest absolute Gasteiger partial charge is 0.127 e. The lowest BCUT2D eigenvalue weighted by Crippen LogP contribution is -1.97. The van der Waals surface area contributed by atoms with E-state index in [0.29, 0.717) is 12.2 Å². The van der Waals surface area contributed by atoms with Crippen LogP contribution in [0.25, 0.3) is 11.1 Å². The summed E-state index contributed by atoms with van der Waals surface area (Å²) in [6.07, 6.45) is 1.81. The number of aromatic nitrogens is 1. The van der Waals surface area contributed by atoms with Gasteiger partial charge in [0, 0.05) is 23.0 Å². The van der Waals surface area contributed by atoms with Crippen LogP contribution in [0.3, 0.4) is 0 Å². The van der Waals surface area contributed by atoms with Crippen molar-refractivity contribution >= 4 is 0 Å². The molecular weight excluding hydrogens is 284 g/mol. The molecule has 0 aliphatic carbocycles. The van der Waals surface area contributed by atoms with Gasteiger partial charge in [0.05, 0.1) is 11.6 Å². The summed E-state index contributed by atoms with van der Waals surface area (Å²) in [5.74, 6) is 0.749. The Bertz CT molecular complexity index is 834. The molecule has 0 radical (unpaired) electrons. The first kappa shape index (κ1) is 14.8. The van der Waals surface area contributed by atoms with E-state index in [-0.39, 0.29) is 0 Å². The molecule has 0 aliphatic rings. The maximum Gasteiger partial charge on any atom is 0.127 e. The van der Waals surface area contributed by atoms with Gasteiger partial charge in [0.15, 0.2) is 0 Å². The standard InChI is InChI=1S/C20H16N2O/c1-15-7-9-18(13-22-15)19-11-17(12-21)8-10-20(19)23-14-16-5-3-2-4-6-16/h2-11,13H,14H2,1H3. The van der Waals surface area contributed by atoms with Crippen LogP contribution < -0.4 is 4.74 Å². The first-order chi connectivity index (χ1) is 11.3. The zero-order chi connectivity index (χ0) is 16.1. The van der Waals surface area contributed by atoms with Gasteiger partial charge in [-0.15, -0.1) is 0 Å². The SMILES string of the molecule is Cc1ccc(-c2cc(C#N)ccc2OCc2ccccc2)cn1. The number of nitriles is 1. The van der Waals surface area contributed by atoms with E-state index >= 15 is 0 Å². The van der Waals surface area contributed by atoms with Crippen LogP contribution >= 0.6 is 0 Å². The van der Waals surface area contributed by atoms with Crippen molar-refractivity contribution in [2.24, 2.45) is 0 Å². The van der Waals surface area contributed by atoms with Gasteiger partial charge in [-0.2, -0.15) is 5.26 Å². The highest BCUT2D eigenvalue weighted by atomic mass is 16.5. The molecule has 1 aromatic heterocycles. The fraction of sp³-hybridized carbons (Fsp3) is 0.100. The van der Waals surface area contributed by atoms with Crippen LogP contribution in [0.4, 0.5) is 0 Å². The molecule has 0 amide bonds. The predicted octanol–water partition coefficient (Wildman–Crippen LogP) is 4.51. The Morgan fingerprint density at radius 1 is 1.04 bits per heavy atom. The molecule has 1 heterocycles. The largest absolute Gasteiger partial charge is 0.488 e. The molecule has 0 bridgehead atoms. The molecule has 2 aromatic carbocycles. The molecule has 3 aromatic rings. The maximum absolute atomic E-state index is 9.15. The summed E-state index contributed by atoms with van der Waals surface area (Å²) in [7, 11) is 0. The molecular formula is C20H16N2O. The molecule has 0 saturated carbocycles. The number of hydrogen-bond acceptors (Lipinski definition) is 3. The summed E-state index contributed by atoms with van der Waals surface area (Å²) in [5, 5.41) is 9.15. The Morgan fingerprint density at radius 3 is 2.57 bits per heavy atom. The zero-order valence-electron chi connectivity index (χ0n) is 12.9. The van der Waals surface area contributed by atoms with E-state index in [4.69, 9.17) is 10.00 Å². The Kier molecular flexibility index (Phi) is 4.35. The summed E-state index contributed by atoms with van der Waals surface area (Å²) < 4.78 is 5.97. The van der Waals surface area contributed by atoms with E-state index in [2.05, 4.69) is 11.1 Å². The van der Waals surface area contributed by atoms with Gasteiger partial charge in [-0.05, 0) is 36.8 Å². The summed E-state index contributed by atoms with van der Waals surface area (Å²) >= 11 is 0. The van der Waals surface area contributed by atoms with Gasteiger partial charge in [0.1, 0.15) is 12.4 Å². The van der Waals surface area contributed by atoms with Gasteiger partial charge in [-0.1, -0.05) is 36.4 Å². The van der Waals surface area contributed by atoms with Crippen LogP contribution in [0, 0.1) is 18.3 Å². The number of aryl methyl sites for hydroxylation is 1. The molecule has 0 N–H and O–H groups in total. The van der Waals surface area contributed by atoms with Gasteiger partial charge in [-0.25, -0.2) is 0 Å². The average molecular weight is 300 g/mol. The number of ether oxygens (including phenoxy) is 1. The lowest BCUT2D eigenvalue weighted by Gasteiger charge is -2.12. The van der Waals surface area contributed by atoms with Gasteiger partial charge in [-0.3, -0.25) is 4.98 Å². The number of nitrogens with zero attached hydrogens (tertiary/aromatic N) is 2. The van der Waals surface area contributed by atoms with Crippen LogP contribution in [0.5, 0.6) is 5.75 Å². The predicted molar refractivity (Wildman–Crippen MR) is 89.9 cm³/mol. The van der Waals surface area contributed by atoms with E-state index in [1.165, 1.54) is 0 Å². The second-order valence-corrected chi connectivity index (χ2v) is 5.29. The van der Waals surface area contributed by atoms with Crippen molar-refractivity contribution in [1.29, 1.82) is 5.26 Å². The fourth-order valence-corrected chi connectivity index (χ4v) is 2.31. The third kappa shape index (κ3) is 3.56. The number of hydrogen-bond donors (Lipinski definition) is 0. The Morgan fingerprint density at radius 2 is 1.87 bits per heavy atom. The van der Waals surface area contributed by atoms with Crippen LogP contribution in [0.1, 0.15) is 16.8 Å². The molecule has 0 fully saturated rings. The van der Waals surface area contributed by atoms with Crippen molar-refractivity contribution in [3.05, 3.63) is 83.7 Å². The highest BCUT2D eigenvalue weighted by molar-refractivity contribution is 5.71. The average Bonchev–Trinajstić information content (AvgIpc) is 2.61. The molecule has 0 saturated heterocycles. The molecule has 23 heavy (non-hydrogen) atoms. The molecule has 3 heteroatoms. The number of benzene rings is 2. The zero-order valence-corrected chi connectivity index (χ0v) is 12.9. The third-order valence-electron chi connectivity index (χ3n) is 3.57. The first-order valence-corrected chi connectivity index (χ1v) is 7.40. The van der Waals surface area contributed by atoms with Crippen molar-refractivity contribution in [2.75, 3.05) is 0 Å². The van der Waals surface area contributed by atoms with Crippen LogP contribution in [0.2, 0.25) is 0 Å². The minimum absolute atomic E-state index is 0.485. The molecule has 0 spiro atoms. The summed E-state index contributed by atoms with van der Waals surface area (Å²) in [4.78, 5) is 4.33. The van der Waals surface area contributed by atoms with E-state index < -0.39 is 0 Å². The molecule has 0 unspecified atom stereocenters. The Labute approximate surface area is 135 Å². The Hall–Kier alpha value is -3.12. The Balaban J connectivity index is 1.93. The molecule has 3 nitrogen and oxygen atoms in total. The second-order valence-electron chi connectivity index (χ2n) is 5.29. The summed E-state index contributed by atoms with van der Waals surface area (Å²) in [6, 6.07) is 21.6. The minimum Gasteiger partial charge on any atom is -0.488 e. The lowest BCUT2D eigenvalue weighted by atomic mass is 10.0. The van der Waals surface area contributed by atoms with Crippen molar-refractivity contribution < 1.29 is 4.74 Å². The van der Waals surface area contributed by atoms with E-state index in [1.54, 1.807) is 12.3 Å². The number of rotatable bonds is 4. The van der Waals surface area contributed by atoms with Crippen LogP contribution in [-0.2, 0) is 6.61 Å².